The monoisotopic (exact) mass is 409 g/mol. The van der Waals surface area contributed by atoms with Gasteiger partial charge in [0.15, 0.2) is 5.43 Å². The van der Waals surface area contributed by atoms with E-state index in [2.05, 4.69) is 19.2 Å². The van der Waals surface area contributed by atoms with Gasteiger partial charge < -0.3 is 9.73 Å². The van der Waals surface area contributed by atoms with E-state index in [-0.39, 0.29) is 11.3 Å². The molecule has 0 saturated heterocycles. The second-order valence-electron chi connectivity index (χ2n) is 7.70. The number of anilines is 1. The highest BCUT2D eigenvalue weighted by Crippen LogP contribution is 2.25. The summed E-state index contributed by atoms with van der Waals surface area (Å²) < 4.78 is 5.97. The van der Waals surface area contributed by atoms with Crippen molar-refractivity contribution in [1.29, 1.82) is 0 Å². The van der Waals surface area contributed by atoms with Gasteiger partial charge in [-0.1, -0.05) is 68.4 Å². The molecule has 0 saturated carbocycles. The minimum absolute atomic E-state index is 0.153. The number of fused-ring (bicyclic) bond motifs is 1. The lowest BCUT2D eigenvalue weighted by molar-refractivity contribution is -0.111. The minimum atomic E-state index is -0.269. The van der Waals surface area contributed by atoms with Crippen LogP contribution in [-0.2, 0) is 4.79 Å². The maximum Gasteiger partial charge on any atom is 0.248 e. The quantitative estimate of drug-likeness (QED) is 0.397. The third kappa shape index (κ3) is 4.81. The van der Waals surface area contributed by atoms with Crippen molar-refractivity contribution in [2.45, 2.75) is 19.8 Å². The van der Waals surface area contributed by atoms with E-state index in [0.717, 1.165) is 11.1 Å². The van der Waals surface area contributed by atoms with Gasteiger partial charge in [-0.2, -0.15) is 0 Å². The molecule has 4 rings (SSSR count). The fourth-order valence-corrected chi connectivity index (χ4v) is 3.33. The lowest BCUT2D eigenvalue weighted by Crippen LogP contribution is -2.08. The Hall–Kier alpha value is -3.92. The number of carbonyl (C=O) groups excluding carboxylic acids is 1. The van der Waals surface area contributed by atoms with Gasteiger partial charge in [0.2, 0.25) is 5.91 Å². The molecular formula is C27H23NO3. The van der Waals surface area contributed by atoms with Crippen LogP contribution in [0.2, 0.25) is 0 Å². The van der Waals surface area contributed by atoms with E-state index in [1.165, 1.54) is 17.7 Å². The summed E-state index contributed by atoms with van der Waals surface area (Å²) in [5, 5.41) is 3.21. The summed E-state index contributed by atoms with van der Waals surface area (Å²) in [5.41, 5.74) is 3.89. The third-order valence-corrected chi connectivity index (χ3v) is 5.08. The molecule has 0 aliphatic heterocycles. The maximum atomic E-state index is 12.7. The van der Waals surface area contributed by atoms with Gasteiger partial charge in [-0.3, -0.25) is 9.59 Å². The second kappa shape index (κ2) is 8.84. The largest absolute Gasteiger partial charge is 0.456 e. The fourth-order valence-electron chi connectivity index (χ4n) is 3.33. The summed E-state index contributed by atoms with van der Waals surface area (Å²) in [5.74, 6) is 0.693. The highest BCUT2D eigenvalue weighted by atomic mass is 16.3. The van der Waals surface area contributed by atoms with Crippen LogP contribution in [0.5, 0.6) is 0 Å². The highest BCUT2D eigenvalue weighted by Gasteiger charge is 2.09. The van der Waals surface area contributed by atoms with E-state index in [1.807, 2.05) is 54.6 Å². The van der Waals surface area contributed by atoms with Crippen molar-refractivity contribution in [3.63, 3.8) is 0 Å². The zero-order valence-electron chi connectivity index (χ0n) is 17.5. The number of hydrogen-bond acceptors (Lipinski definition) is 3. The summed E-state index contributed by atoms with van der Waals surface area (Å²) in [4.78, 5) is 24.9. The van der Waals surface area contributed by atoms with Gasteiger partial charge in [0, 0.05) is 23.4 Å². The molecule has 3 aromatic carbocycles. The molecule has 0 radical (unpaired) electrons. The van der Waals surface area contributed by atoms with E-state index in [1.54, 1.807) is 24.3 Å². The molecule has 0 unspecified atom stereocenters. The molecule has 0 aliphatic carbocycles. The van der Waals surface area contributed by atoms with Crippen molar-refractivity contribution < 1.29 is 9.21 Å². The maximum absolute atomic E-state index is 12.7. The first-order valence-corrected chi connectivity index (χ1v) is 10.2. The topological polar surface area (TPSA) is 59.3 Å². The Morgan fingerprint density at radius 3 is 2.39 bits per heavy atom. The molecule has 4 aromatic rings. The van der Waals surface area contributed by atoms with Gasteiger partial charge in [0.1, 0.15) is 11.3 Å². The lowest BCUT2D eigenvalue weighted by atomic mass is 10.0. The Labute approximate surface area is 180 Å². The molecule has 154 valence electrons. The molecule has 0 spiro atoms. The Morgan fingerprint density at radius 2 is 1.68 bits per heavy atom. The molecule has 31 heavy (non-hydrogen) atoms. The molecule has 1 N–H and O–H groups in total. The van der Waals surface area contributed by atoms with Crippen LogP contribution in [0.1, 0.15) is 30.9 Å². The van der Waals surface area contributed by atoms with E-state index >= 15 is 0 Å². The van der Waals surface area contributed by atoms with Crippen molar-refractivity contribution in [2.24, 2.45) is 0 Å². The van der Waals surface area contributed by atoms with E-state index < -0.39 is 0 Å². The molecule has 0 atom stereocenters. The first kappa shape index (κ1) is 20.4. The number of carbonyl (C=O) groups is 1. The van der Waals surface area contributed by atoms with Crippen LogP contribution < -0.4 is 10.7 Å². The predicted molar refractivity (Wildman–Crippen MR) is 126 cm³/mol. The van der Waals surface area contributed by atoms with E-state index in [4.69, 9.17) is 4.42 Å². The van der Waals surface area contributed by atoms with Gasteiger partial charge in [0.05, 0.1) is 5.39 Å². The fraction of sp³-hybridized carbons (Fsp3) is 0.111. The number of amides is 1. The number of nitrogens with one attached hydrogen (secondary N) is 1. The average Bonchev–Trinajstić information content (AvgIpc) is 2.79. The van der Waals surface area contributed by atoms with E-state index in [0.29, 0.717) is 28.3 Å². The van der Waals surface area contributed by atoms with E-state index in [9.17, 15) is 9.59 Å². The molecule has 0 bridgehead atoms. The van der Waals surface area contributed by atoms with Crippen molar-refractivity contribution >= 4 is 28.6 Å². The molecule has 4 nitrogen and oxygen atoms in total. The van der Waals surface area contributed by atoms with Gasteiger partial charge in [0.25, 0.3) is 0 Å². The Balaban J connectivity index is 1.56. The smallest absolute Gasteiger partial charge is 0.248 e. The molecule has 1 amide bonds. The van der Waals surface area contributed by atoms with Crippen LogP contribution in [0, 0.1) is 0 Å². The summed E-state index contributed by atoms with van der Waals surface area (Å²) >= 11 is 0. The van der Waals surface area contributed by atoms with Crippen LogP contribution in [0.15, 0.2) is 94.2 Å². The van der Waals surface area contributed by atoms with Crippen LogP contribution >= 0.6 is 0 Å². The minimum Gasteiger partial charge on any atom is -0.456 e. The second-order valence-corrected chi connectivity index (χ2v) is 7.70. The highest BCUT2D eigenvalue weighted by molar-refractivity contribution is 6.02. The normalized spacial score (nSPS) is 11.3. The summed E-state index contributed by atoms with van der Waals surface area (Å²) in [6.07, 6.45) is 3.20. The first-order chi connectivity index (χ1) is 15.0. The Bertz CT molecular complexity index is 1300. The summed E-state index contributed by atoms with van der Waals surface area (Å²) in [6, 6.07) is 24.2. The van der Waals surface area contributed by atoms with Crippen molar-refractivity contribution in [3.8, 4) is 11.3 Å². The van der Waals surface area contributed by atoms with Crippen LogP contribution in [0.3, 0.4) is 0 Å². The SMILES string of the molecule is CC(C)c1ccc(-c2cc(=O)c3cc(NC(=O)/C=C/c4ccccc4)ccc3o2)cc1. The van der Waals surface area contributed by atoms with Crippen LogP contribution in [-0.4, -0.2) is 5.91 Å². The van der Waals surface area contributed by atoms with Gasteiger partial charge in [-0.05, 0) is 41.3 Å². The van der Waals surface area contributed by atoms with Crippen LogP contribution in [0.4, 0.5) is 5.69 Å². The molecule has 1 aromatic heterocycles. The van der Waals surface area contributed by atoms with Crippen molar-refractivity contribution in [1.82, 2.24) is 0 Å². The van der Waals surface area contributed by atoms with Crippen molar-refractivity contribution in [2.75, 3.05) is 5.32 Å². The van der Waals surface area contributed by atoms with Gasteiger partial charge >= 0.3 is 0 Å². The average molecular weight is 409 g/mol. The molecule has 0 aliphatic rings. The molecule has 0 fully saturated rings. The Kier molecular flexibility index (Phi) is 5.80. The number of hydrogen-bond donors (Lipinski definition) is 1. The number of rotatable bonds is 5. The standard InChI is InChI=1S/C27H23NO3/c1-18(2)20-9-11-21(12-10-20)26-17-24(29)23-16-22(13-14-25(23)31-26)28-27(30)15-8-19-6-4-3-5-7-19/h3-18H,1-2H3,(H,28,30)/b15-8+. The summed E-state index contributed by atoms with van der Waals surface area (Å²) in [7, 11) is 0. The third-order valence-electron chi connectivity index (χ3n) is 5.08. The summed E-state index contributed by atoms with van der Waals surface area (Å²) in [6.45, 7) is 4.28. The number of benzene rings is 3. The van der Waals surface area contributed by atoms with Crippen LogP contribution in [0.25, 0.3) is 28.4 Å². The van der Waals surface area contributed by atoms with Gasteiger partial charge in [-0.15, -0.1) is 0 Å². The molecule has 1 heterocycles. The lowest BCUT2D eigenvalue weighted by Gasteiger charge is -2.08. The Morgan fingerprint density at radius 1 is 0.935 bits per heavy atom. The van der Waals surface area contributed by atoms with Crippen molar-refractivity contribution in [3.05, 3.63) is 106 Å². The first-order valence-electron chi connectivity index (χ1n) is 10.2. The zero-order valence-corrected chi connectivity index (χ0v) is 17.5. The predicted octanol–water partition coefficient (Wildman–Crippen LogP) is 6.24. The zero-order chi connectivity index (χ0) is 21.8. The van der Waals surface area contributed by atoms with Gasteiger partial charge in [-0.25, -0.2) is 0 Å². The molecular weight excluding hydrogens is 386 g/mol. The molecule has 4 heteroatoms.